The van der Waals surface area contributed by atoms with Crippen LogP contribution in [0.2, 0.25) is 0 Å². The minimum absolute atomic E-state index is 0.105. The minimum Gasteiger partial charge on any atom is -0.407 e. The van der Waals surface area contributed by atoms with E-state index in [4.69, 9.17) is 10.2 Å². The van der Waals surface area contributed by atoms with Gasteiger partial charge in [-0.15, -0.1) is 5.10 Å². The Morgan fingerprint density at radius 2 is 2.12 bits per heavy atom. The van der Waals surface area contributed by atoms with Gasteiger partial charge in [-0.3, -0.25) is 4.79 Å². The quantitative estimate of drug-likeness (QED) is 0.652. The van der Waals surface area contributed by atoms with Crippen LogP contribution in [0.4, 0.5) is 6.01 Å². The number of hydrogen-bond donors (Lipinski definition) is 3. The largest absolute Gasteiger partial charge is 0.407 e. The molecule has 0 aliphatic carbocycles. The van der Waals surface area contributed by atoms with Crippen molar-refractivity contribution in [3.63, 3.8) is 0 Å². The maximum absolute atomic E-state index is 11.6. The second-order valence-electron chi connectivity index (χ2n) is 4.21. The van der Waals surface area contributed by atoms with E-state index in [1.165, 1.54) is 0 Å². The van der Waals surface area contributed by atoms with Crippen LogP contribution in [0.5, 0.6) is 0 Å². The number of nitrogens with zero attached hydrogens (tertiary/aromatic N) is 2. The highest BCUT2D eigenvalue weighted by Gasteiger charge is 2.15. The van der Waals surface area contributed by atoms with Gasteiger partial charge in [0, 0.05) is 6.54 Å². The SMILES string of the molecule is CC(C)CNC(=O)C(C)Nc1nnc(CN)o1. The van der Waals surface area contributed by atoms with Gasteiger partial charge < -0.3 is 20.8 Å². The summed E-state index contributed by atoms with van der Waals surface area (Å²) in [5, 5.41) is 13.0. The number of rotatable bonds is 6. The minimum atomic E-state index is -0.431. The van der Waals surface area contributed by atoms with Gasteiger partial charge in [-0.25, -0.2) is 0 Å². The van der Waals surface area contributed by atoms with E-state index in [0.29, 0.717) is 18.4 Å². The molecule has 1 unspecified atom stereocenters. The summed E-state index contributed by atoms with van der Waals surface area (Å²) >= 11 is 0. The van der Waals surface area contributed by atoms with Gasteiger partial charge in [-0.2, -0.15) is 0 Å². The number of carbonyl (C=O) groups is 1. The van der Waals surface area contributed by atoms with Crippen LogP contribution in [-0.2, 0) is 11.3 Å². The molecule has 1 heterocycles. The molecule has 1 amide bonds. The lowest BCUT2D eigenvalue weighted by Crippen LogP contribution is -2.39. The molecule has 4 N–H and O–H groups in total. The van der Waals surface area contributed by atoms with Crippen molar-refractivity contribution >= 4 is 11.9 Å². The molecule has 0 saturated carbocycles. The predicted octanol–water partition coefficient (Wildman–Crippen LogP) is 0.101. The van der Waals surface area contributed by atoms with Crippen molar-refractivity contribution in [2.24, 2.45) is 11.7 Å². The molecule has 0 fully saturated rings. The third-order valence-corrected chi connectivity index (χ3v) is 2.06. The van der Waals surface area contributed by atoms with Gasteiger partial charge in [0.1, 0.15) is 6.04 Å². The highest BCUT2D eigenvalue weighted by molar-refractivity contribution is 5.83. The first kappa shape index (κ1) is 13.4. The third kappa shape index (κ3) is 4.39. The normalized spacial score (nSPS) is 12.5. The van der Waals surface area contributed by atoms with Crippen LogP contribution in [0.1, 0.15) is 26.7 Å². The van der Waals surface area contributed by atoms with E-state index in [-0.39, 0.29) is 18.5 Å². The smallest absolute Gasteiger partial charge is 0.316 e. The number of nitrogens with two attached hydrogens (primary N) is 1. The fourth-order valence-electron chi connectivity index (χ4n) is 1.10. The van der Waals surface area contributed by atoms with Crippen molar-refractivity contribution in [2.45, 2.75) is 33.4 Å². The number of hydrogen-bond acceptors (Lipinski definition) is 6. The molecule has 1 rings (SSSR count). The van der Waals surface area contributed by atoms with E-state index in [1.807, 2.05) is 13.8 Å². The van der Waals surface area contributed by atoms with Crippen LogP contribution in [-0.4, -0.2) is 28.7 Å². The van der Waals surface area contributed by atoms with Crippen LogP contribution < -0.4 is 16.4 Å². The van der Waals surface area contributed by atoms with E-state index in [1.54, 1.807) is 6.92 Å². The Morgan fingerprint density at radius 3 is 2.65 bits per heavy atom. The standard InChI is InChI=1S/C10H19N5O2/c1-6(2)5-12-9(16)7(3)13-10-15-14-8(4-11)17-10/h6-7H,4-5,11H2,1-3H3,(H,12,16)(H,13,15). The first-order valence-electron chi connectivity index (χ1n) is 5.59. The molecule has 0 spiro atoms. The van der Waals surface area contributed by atoms with Crippen LogP contribution in [0.15, 0.2) is 4.42 Å². The van der Waals surface area contributed by atoms with Crippen LogP contribution in [0.25, 0.3) is 0 Å². The molecule has 1 aromatic heterocycles. The monoisotopic (exact) mass is 241 g/mol. The first-order valence-corrected chi connectivity index (χ1v) is 5.59. The van der Waals surface area contributed by atoms with E-state index in [9.17, 15) is 4.79 Å². The molecule has 1 aromatic rings. The Hall–Kier alpha value is -1.63. The van der Waals surface area contributed by atoms with Crippen LogP contribution in [0, 0.1) is 5.92 Å². The molecule has 7 heteroatoms. The van der Waals surface area contributed by atoms with Crippen molar-refractivity contribution in [2.75, 3.05) is 11.9 Å². The molecular weight excluding hydrogens is 222 g/mol. The molecule has 0 aliphatic rings. The number of carbonyl (C=O) groups excluding carboxylic acids is 1. The van der Waals surface area contributed by atoms with Crippen LogP contribution in [0.3, 0.4) is 0 Å². The van der Waals surface area contributed by atoms with Crippen LogP contribution >= 0.6 is 0 Å². The highest BCUT2D eigenvalue weighted by atomic mass is 16.4. The van der Waals surface area contributed by atoms with E-state index in [0.717, 1.165) is 0 Å². The molecule has 0 aliphatic heterocycles. The first-order chi connectivity index (χ1) is 8.02. The lowest BCUT2D eigenvalue weighted by molar-refractivity contribution is -0.121. The van der Waals surface area contributed by atoms with Gasteiger partial charge in [0.15, 0.2) is 0 Å². The maximum atomic E-state index is 11.6. The Balaban J connectivity index is 2.42. The second kappa shape index (κ2) is 6.19. The summed E-state index contributed by atoms with van der Waals surface area (Å²) in [7, 11) is 0. The average molecular weight is 241 g/mol. The number of anilines is 1. The zero-order valence-corrected chi connectivity index (χ0v) is 10.4. The van der Waals surface area contributed by atoms with Crippen molar-refractivity contribution < 1.29 is 9.21 Å². The lowest BCUT2D eigenvalue weighted by Gasteiger charge is -2.13. The Bertz CT molecular complexity index is 363. The van der Waals surface area contributed by atoms with Crippen molar-refractivity contribution in [3.05, 3.63) is 5.89 Å². The van der Waals surface area contributed by atoms with E-state index < -0.39 is 6.04 Å². The van der Waals surface area contributed by atoms with Gasteiger partial charge in [-0.05, 0) is 12.8 Å². The number of aromatic nitrogens is 2. The molecule has 0 radical (unpaired) electrons. The summed E-state index contributed by atoms with van der Waals surface area (Å²) in [5.41, 5.74) is 5.33. The Kier molecular flexibility index (Phi) is 4.89. The van der Waals surface area contributed by atoms with Crippen molar-refractivity contribution in [1.82, 2.24) is 15.5 Å². The van der Waals surface area contributed by atoms with E-state index >= 15 is 0 Å². The molecule has 0 aromatic carbocycles. The fraction of sp³-hybridized carbons (Fsp3) is 0.700. The summed E-state index contributed by atoms with van der Waals surface area (Å²) in [4.78, 5) is 11.6. The van der Waals surface area contributed by atoms with E-state index in [2.05, 4.69) is 20.8 Å². The Morgan fingerprint density at radius 1 is 1.41 bits per heavy atom. The topological polar surface area (TPSA) is 106 Å². The highest BCUT2D eigenvalue weighted by Crippen LogP contribution is 2.06. The summed E-state index contributed by atoms with van der Waals surface area (Å²) in [5.74, 6) is 0.645. The molecule has 96 valence electrons. The van der Waals surface area contributed by atoms with Gasteiger partial charge in [0.2, 0.25) is 11.8 Å². The summed E-state index contributed by atoms with van der Waals surface area (Å²) in [6.07, 6.45) is 0. The average Bonchev–Trinajstić information content (AvgIpc) is 2.73. The lowest BCUT2D eigenvalue weighted by atomic mass is 10.2. The predicted molar refractivity (Wildman–Crippen MR) is 63.1 cm³/mol. The summed E-state index contributed by atoms with van der Waals surface area (Å²) in [6.45, 7) is 6.61. The molecule has 7 nitrogen and oxygen atoms in total. The van der Waals surface area contributed by atoms with Gasteiger partial charge in [0.25, 0.3) is 0 Å². The molecule has 1 atom stereocenters. The summed E-state index contributed by atoms with van der Waals surface area (Å²) < 4.78 is 5.14. The second-order valence-corrected chi connectivity index (χ2v) is 4.21. The molecular formula is C10H19N5O2. The fourth-order valence-corrected chi connectivity index (χ4v) is 1.10. The molecule has 0 bridgehead atoms. The molecule has 0 saturated heterocycles. The Labute approximate surface area is 100 Å². The summed E-state index contributed by atoms with van der Waals surface area (Å²) in [6, 6.07) is -0.225. The third-order valence-electron chi connectivity index (χ3n) is 2.06. The van der Waals surface area contributed by atoms with Gasteiger partial charge in [-0.1, -0.05) is 18.9 Å². The molecule has 17 heavy (non-hydrogen) atoms. The van der Waals surface area contributed by atoms with Crippen molar-refractivity contribution in [1.29, 1.82) is 0 Å². The van der Waals surface area contributed by atoms with Gasteiger partial charge in [0.05, 0.1) is 6.54 Å². The number of amides is 1. The number of nitrogens with one attached hydrogen (secondary N) is 2. The zero-order chi connectivity index (χ0) is 12.8. The maximum Gasteiger partial charge on any atom is 0.316 e. The van der Waals surface area contributed by atoms with Gasteiger partial charge >= 0.3 is 6.01 Å². The van der Waals surface area contributed by atoms with Crippen molar-refractivity contribution in [3.8, 4) is 0 Å². The zero-order valence-electron chi connectivity index (χ0n) is 10.4.